The van der Waals surface area contributed by atoms with Crippen molar-refractivity contribution in [2.24, 2.45) is 5.73 Å². The molecule has 0 radical (unpaired) electrons. The Kier molecular flexibility index (Phi) is 4.05. The second-order valence-electron chi connectivity index (χ2n) is 4.58. The second kappa shape index (κ2) is 4.93. The topological polar surface area (TPSA) is 43.1 Å². The van der Waals surface area contributed by atoms with Crippen LogP contribution in [0.1, 0.15) is 25.8 Å². The van der Waals surface area contributed by atoms with Crippen LogP contribution in [0, 0.1) is 5.82 Å². The molecule has 0 fully saturated rings. The lowest BCUT2D eigenvalue weighted by Crippen LogP contribution is -2.35. The fourth-order valence-electron chi connectivity index (χ4n) is 1.47. The minimum absolute atomic E-state index is 0.00780. The average molecular weight is 244 g/mol. The molecule has 1 aromatic carbocycles. The molecule has 1 rings (SSSR count). The molecule has 0 amide bonds. The second-order valence-corrected chi connectivity index (χ2v) is 4.99. The van der Waals surface area contributed by atoms with Gasteiger partial charge in [-0.1, -0.05) is 17.7 Å². The van der Waals surface area contributed by atoms with Crippen molar-refractivity contribution in [3.05, 3.63) is 34.6 Å². The molecule has 0 aromatic heterocycles. The normalized spacial score (nSPS) is 11.6. The van der Waals surface area contributed by atoms with Crippen LogP contribution in [0.3, 0.4) is 0 Å². The van der Waals surface area contributed by atoms with Crippen LogP contribution in [0.4, 0.5) is 4.39 Å². The summed E-state index contributed by atoms with van der Waals surface area (Å²) in [5.74, 6) is -0.560. The molecule has 2 nitrogen and oxygen atoms in total. The highest BCUT2D eigenvalue weighted by Gasteiger charge is 2.18. The third kappa shape index (κ3) is 3.91. The maximum Gasteiger partial charge on any atom is 0.139 e. The number of rotatable bonds is 4. The molecule has 0 unspecified atom stereocenters. The first-order chi connectivity index (χ1) is 7.29. The number of carbonyl (C=O) groups is 1. The number of carbonyl (C=O) groups excluding carboxylic acids is 1. The van der Waals surface area contributed by atoms with Gasteiger partial charge in [0.15, 0.2) is 0 Å². The van der Waals surface area contributed by atoms with E-state index in [0.717, 1.165) is 0 Å². The summed E-state index contributed by atoms with van der Waals surface area (Å²) in [6.07, 6.45) is 0.198. The number of nitrogens with two attached hydrogens (primary N) is 1. The summed E-state index contributed by atoms with van der Waals surface area (Å²) in [5.41, 5.74) is 5.39. The van der Waals surface area contributed by atoms with Crippen LogP contribution >= 0.6 is 11.6 Å². The number of halogens is 2. The molecule has 0 heterocycles. The number of benzene rings is 1. The first kappa shape index (κ1) is 13.1. The molecule has 0 saturated carbocycles. The van der Waals surface area contributed by atoms with Gasteiger partial charge in [0.1, 0.15) is 11.6 Å². The van der Waals surface area contributed by atoms with Crippen molar-refractivity contribution < 1.29 is 9.18 Å². The first-order valence-electron chi connectivity index (χ1n) is 5.03. The van der Waals surface area contributed by atoms with Crippen LogP contribution in [0.15, 0.2) is 18.2 Å². The lowest BCUT2D eigenvalue weighted by molar-refractivity contribution is -0.119. The van der Waals surface area contributed by atoms with E-state index in [4.69, 9.17) is 17.3 Å². The van der Waals surface area contributed by atoms with Gasteiger partial charge in [-0.25, -0.2) is 4.39 Å². The van der Waals surface area contributed by atoms with Gasteiger partial charge >= 0.3 is 0 Å². The molecule has 16 heavy (non-hydrogen) atoms. The Morgan fingerprint density at radius 1 is 1.50 bits per heavy atom. The maximum atomic E-state index is 13.4. The van der Waals surface area contributed by atoms with E-state index in [1.165, 1.54) is 12.1 Å². The summed E-state index contributed by atoms with van der Waals surface area (Å²) in [6.45, 7) is 3.52. The minimum Gasteiger partial charge on any atom is -0.325 e. The van der Waals surface area contributed by atoms with E-state index < -0.39 is 11.4 Å². The summed E-state index contributed by atoms with van der Waals surface area (Å²) >= 11 is 5.82. The SMILES string of the molecule is CC(C)(N)CC(=O)Cc1c(F)cccc1Cl. The first-order valence-corrected chi connectivity index (χ1v) is 5.41. The molecule has 0 bridgehead atoms. The predicted molar refractivity (Wildman–Crippen MR) is 63.0 cm³/mol. The highest BCUT2D eigenvalue weighted by molar-refractivity contribution is 6.31. The highest BCUT2D eigenvalue weighted by Crippen LogP contribution is 2.20. The van der Waals surface area contributed by atoms with Crippen LogP contribution in [-0.4, -0.2) is 11.3 Å². The lowest BCUT2D eigenvalue weighted by Gasteiger charge is -2.17. The van der Waals surface area contributed by atoms with Gasteiger partial charge in [-0.3, -0.25) is 4.79 Å². The Morgan fingerprint density at radius 3 is 2.62 bits per heavy atom. The van der Waals surface area contributed by atoms with Crippen LogP contribution < -0.4 is 5.73 Å². The Bertz CT molecular complexity index is 378. The van der Waals surface area contributed by atoms with Gasteiger partial charge in [-0.05, 0) is 26.0 Å². The van der Waals surface area contributed by atoms with E-state index in [0.29, 0.717) is 0 Å². The Hall–Kier alpha value is -0.930. The Balaban J connectivity index is 2.78. The smallest absolute Gasteiger partial charge is 0.139 e. The Morgan fingerprint density at radius 2 is 2.12 bits per heavy atom. The molecule has 0 aliphatic rings. The third-order valence-corrected chi connectivity index (χ3v) is 2.44. The average Bonchev–Trinajstić information content (AvgIpc) is 2.08. The molecule has 1 aromatic rings. The molecule has 0 atom stereocenters. The standard InChI is InChI=1S/C12H15ClFNO/c1-12(2,15)7-8(16)6-9-10(13)4-3-5-11(9)14/h3-5H,6-7,15H2,1-2H3. The summed E-state index contributed by atoms with van der Waals surface area (Å²) in [4.78, 5) is 11.6. The van der Waals surface area contributed by atoms with Crippen molar-refractivity contribution in [2.45, 2.75) is 32.2 Å². The number of ketones is 1. The van der Waals surface area contributed by atoms with Gasteiger partial charge in [-0.2, -0.15) is 0 Å². The predicted octanol–water partition coefficient (Wildman–Crippen LogP) is 2.72. The summed E-state index contributed by atoms with van der Waals surface area (Å²) < 4.78 is 13.4. The van der Waals surface area contributed by atoms with Crippen molar-refractivity contribution >= 4 is 17.4 Å². The van der Waals surface area contributed by atoms with E-state index in [2.05, 4.69) is 0 Å². The van der Waals surface area contributed by atoms with Gasteiger partial charge in [0.25, 0.3) is 0 Å². The summed E-state index contributed by atoms with van der Waals surface area (Å²) in [6, 6.07) is 4.38. The third-order valence-electron chi connectivity index (χ3n) is 2.09. The van der Waals surface area contributed by atoms with E-state index in [1.54, 1.807) is 19.9 Å². The molecule has 0 saturated heterocycles. The molecule has 4 heteroatoms. The van der Waals surface area contributed by atoms with Crippen molar-refractivity contribution in [2.75, 3.05) is 0 Å². The van der Waals surface area contributed by atoms with E-state index in [-0.39, 0.29) is 29.2 Å². The van der Waals surface area contributed by atoms with Crippen molar-refractivity contribution in [1.29, 1.82) is 0 Å². The zero-order valence-electron chi connectivity index (χ0n) is 9.39. The lowest BCUT2D eigenvalue weighted by atomic mass is 9.95. The molecule has 88 valence electrons. The van der Waals surface area contributed by atoms with Crippen LogP contribution in [-0.2, 0) is 11.2 Å². The molecule has 0 aliphatic heterocycles. The van der Waals surface area contributed by atoms with E-state index >= 15 is 0 Å². The van der Waals surface area contributed by atoms with Crippen LogP contribution in [0.25, 0.3) is 0 Å². The summed E-state index contributed by atoms with van der Waals surface area (Å²) in [7, 11) is 0. The van der Waals surface area contributed by atoms with Crippen molar-refractivity contribution in [3.8, 4) is 0 Å². The fourth-order valence-corrected chi connectivity index (χ4v) is 1.70. The van der Waals surface area contributed by atoms with Gasteiger partial charge in [0.2, 0.25) is 0 Å². The van der Waals surface area contributed by atoms with Gasteiger partial charge in [0, 0.05) is 29.0 Å². The number of hydrogen-bond donors (Lipinski definition) is 1. The number of hydrogen-bond acceptors (Lipinski definition) is 2. The summed E-state index contributed by atoms with van der Waals surface area (Å²) in [5, 5.41) is 0.281. The molecule has 0 aliphatic carbocycles. The maximum absolute atomic E-state index is 13.4. The molecule has 0 spiro atoms. The molecular formula is C12H15ClFNO. The largest absolute Gasteiger partial charge is 0.325 e. The van der Waals surface area contributed by atoms with Gasteiger partial charge < -0.3 is 5.73 Å². The quantitative estimate of drug-likeness (QED) is 0.884. The van der Waals surface area contributed by atoms with Crippen LogP contribution in [0.2, 0.25) is 5.02 Å². The molecule has 2 N–H and O–H groups in total. The van der Waals surface area contributed by atoms with E-state index in [9.17, 15) is 9.18 Å². The Labute approximate surface area is 99.6 Å². The highest BCUT2D eigenvalue weighted by atomic mass is 35.5. The molecular weight excluding hydrogens is 229 g/mol. The number of Topliss-reactive ketones (excluding diaryl/α,β-unsaturated/α-hetero) is 1. The van der Waals surface area contributed by atoms with Crippen molar-refractivity contribution in [3.63, 3.8) is 0 Å². The van der Waals surface area contributed by atoms with E-state index in [1.807, 2.05) is 0 Å². The zero-order chi connectivity index (χ0) is 12.3. The fraction of sp³-hybridized carbons (Fsp3) is 0.417. The van der Waals surface area contributed by atoms with Gasteiger partial charge in [0.05, 0.1) is 0 Å². The van der Waals surface area contributed by atoms with Crippen molar-refractivity contribution in [1.82, 2.24) is 0 Å². The van der Waals surface area contributed by atoms with Gasteiger partial charge in [-0.15, -0.1) is 0 Å². The van der Waals surface area contributed by atoms with Crippen LogP contribution in [0.5, 0.6) is 0 Å². The zero-order valence-corrected chi connectivity index (χ0v) is 10.1. The monoisotopic (exact) mass is 243 g/mol. The minimum atomic E-state index is -0.575.